The predicted octanol–water partition coefficient (Wildman–Crippen LogP) is 5.28. The van der Waals surface area contributed by atoms with E-state index in [2.05, 4.69) is 39.1 Å². The minimum atomic E-state index is 0.481. The molecular weight excluding hydrogens is 277 g/mol. The SMILES string of the molecule is CC(C)CNCC(=Cc1cccc(Cl)c1Cl)C(C)C. The summed E-state index contributed by atoms with van der Waals surface area (Å²) in [5.41, 5.74) is 2.33. The van der Waals surface area contributed by atoms with Gasteiger partial charge in [-0.3, -0.25) is 0 Å². The van der Waals surface area contributed by atoms with Gasteiger partial charge in [-0.25, -0.2) is 0 Å². The smallest absolute Gasteiger partial charge is 0.0664 e. The van der Waals surface area contributed by atoms with Crippen LogP contribution in [0, 0.1) is 11.8 Å². The molecule has 0 amide bonds. The summed E-state index contributed by atoms with van der Waals surface area (Å²) in [5.74, 6) is 1.14. The zero-order chi connectivity index (χ0) is 14.4. The predicted molar refractivity (Wildman–Crippen MR) is 87.0 cm³/mol. The molecular formula is C16H23Cl2N. The monoisotopic (exact) mass is 299 g/mol. The number of hydrogen-bond donors (Lipinski definition) is 1. The number of hydrogen-bond acceptors (Lipinski definition) is 1. The van der Waals surface area contributed by atoms with Gasteiger partial charge in [0.05, 0.1) is 10.0 Å². The van der Waals surface area contributed by atoms with E-state index in [9.17, 15) is 0 Å². The molecule has 0 fully saturated rings. The molecule has 0 aliphatic heterocycles. The second kappa shape index (κ2) is 7.94. The van der Waals surface area contributed by atoms with Gasteiger partial charge in [0, 0.05) is 6.54 Å². The number of benzene rings is 1. The van der Waals surface area contributed by atoms with Crippen LogP contribution in [0.1, 0.15) is 33.3 Å². The van der Waals surface area contributed by atoms with Crippen LogP contribution in [0.5, 0.6) is 0 Å². The van der Waals surface area contributed by atoms with Gasteiger partial charge in [0.2, 0.25) is 0 Å². The van der Waals surface area contributed by atoms with Crippen LogP contribution in [0.2, 0.25) is 10.0 Å². The Morgan fingerprint density at radius 3 is 2.47 bits per heavy atom. The van der Waals surface area contributed by atoms with E-state index < -0.39 is 0 Å². The Kier molecular flexibility index (Phi) is 6.92. The first kappa shape index (κ1) is 16.6. The molecule has 0 aliphatic rings. The molecule has 0 saturated carbocycles. The van der Waals surface area contributed by atoms with Crippen molar-refractivity contribution in [2.75, 3.05) is 13.1 Å². The molecule has 0 bridgehead atoms. The van der Waals surface area contributed by atoms with Gasteiger partial charge >= 0.3 is 0 Å². The zero-order valence-corrected chi connectivity index (χ0v) is 13.6. The van der Waals surface area contributed by atoms with Crippen LogP contribution in [0.15, 0.2) is 23.8 Å². The first-order chi connectivity index (χ1) is 8.91. The summed E-state index contributed by atoms with van der Waals surface area (Å²) in [4.78, 5) is 0. The van der Waals surface area contributed by atoms with Crippen molar-refractivity contribution in [1.29, 1.82) is 0 Å². The molecule has 3 heteroatoms. The molecule has 0 saturated heterocycles. The molecule has 0 radical (unpaired) electrons. The van der Waals surface area contributed by atoms with Crippen LogP contribution in [0.4, 0.5) is 0 Å². The lowest BCUT2D eigenvalue weighted by Crippen LogP contribution is -2.23. The van der Waals surface area contributed by atoms with Gasteiger partial charge in [0.15, 0.2) is 0 Å². The van der Waals surface area contributed by atoms with Gasteiger partial charge in [-0.15, -0.1) is 0 Å². The van der Waals surface area contributed by atoms with Gasteiger partial charge in [0.25, 0.3) is 0 Å². The largest absolute Gasteiger partial charge is 0.313 e. The lowest BCUT2D eigenvalue weighted by atomic mass is 10.00. The first-order valence-electron chi connectivity index (χ1n) is 6.77. The fraction of sp³-hybridized carbons (Fsp3) is 0.500. The summed E-state index contributed by atoms with van der Waals surface area (Å²) in [6.45, 7) is 10.7. The molecule has 1 aromatic rings. The van der Waals surface area contributed by atoms with E-state index in [1.54, 1.807) is 0 Å². The molecule has 19 heavy (non-hydrogen) atoms. The van der Waals surface area contributed by atoms with Gasteiger partial charge < -0.3 is 5.32 Å². The minimum absolute atomic E-state index is 0.481. The number of halogens is 2. The average molecular weight is 300 g/mol. The third kappa shape index (κ3) is 5.56. The lowest BCUT2D eigenvalue weighted by Gasteiger charge is -2.15. The fourth-order valence-corrected chi connectivity index (χ4v) is 2.12. The Morgan fingerprint density at radius 1 is 1.21 bits per heavy atom. The van der Waals surface area contributed by atoms with Crippen molar-refractivity contribution in [1.82, 2.24) is 5.32 Å². The molecule has 0 aliphatic carbocycles. The Labute approximate surface area is 127 Å². The number of rotatable bonds is 6. The second-order valence-corrected chi connectivity index (χ2v) is 6.33. The van der Waals surface area contributed by atoms with Crippen molar-refractivity contribution >= 4 is 29.3 Å². The van der Waals surface area contributed by atoms with E-state index in [0.29, 0.717) is 21.9 Å². The highest BCUT2D eigenvalue weighted by molar-refractivity contribution is 6.42. The molecule has 1 nitrogen and oxygen atoms in total. The van der Waals surface area contributed by atoms with Gasteiger partial charge in [-0.05, 0) is 30.0 Å². The summed E-state index contributed by atoms with van der Waals surface area (Å²) < 4.78 is 0. The molecule has 0 spiro atoms. The molecule has 0 aromatic heterocycles. The van der Waals surface area contributed by atoms with E-state index in [4.69, 9.17) is 23.2 Å². The van der Waals surface area contributed by atoms with Gasteiger partial charge in [0.1, 0.15) is 0 Å². The zero-order valence-electron chi connectivity index (χ0n) is 12.1. The molecule has 1 N–H and O–H groups in total. The third-order valence-corrected chi connectivity index (χ3v) is 3.78. The maximum Gasteiger partial charge on any atom is 0.0664 e. The van der Waals surface area contributed by atoms with Crippen molar-refractivity contribution in [3.05, 3.63) is 39.4 Å². The van der Waals surface area contributed by atoms with Crippen LogP contribution in [0.3, 0.4) is 0 Å². The van der Waals surface area contributed by atoms with E-state index >= 15 is 0 Å². The average Bonchev–Trinajstić information content (AvgIpc) is 2.32. The number of nitrogens with one attached hydrogen (secondary N) is 1. The van der Waals surface area contributed by atoms with Gasteiger partial charge in [-0.1, -0.05) is 74.7 Å². The topological polar surface area (TPSA) is 12.0 Å². The highest BCUT2D eigenvalue weighted by atomic mass is 35.5. The Balaban J connectivity index is 2.86. The Bertz CT molecular complexity index is 436. The van der Waals surface area contributed by atoms with E-state index in [-0.39, 0.29) is 0 Å². The Hall–Kier alpha value is -0.500. The highest BCUT2D eigenvalue weighted by Gasteiger charge is 2.07. The quantitative estimate of drug-likeness (QED) is 0.754. The summed E-state index contributed by atoms with van der Waals surface area (Å²) in [7, 11) is 0. The minimum Gasteiger partial charge on any atom is -0.313 e. The van der Waals surface area contributed by atoms with Crippen LogP contribution >= 0.6 is 23.2 Å². The second-order valence-electron chi connectivity index (χ2n) is 5.54. The summed E-state index contributed by atoms with van der Waals surface area (Å²) in [6, 6.07) is 5.74. The summed E-state index contributed by atoms with van der Waals surface area (Å²) in [5, 5.41) is 4.71. The van der Waals surface area contributed by atoms with Crippen molar-refractivity contribution in [3.63, 3.8) is 0 Å². The van der Waals surface area contributed by atoms with Crippen molar-refractivity contribution in [2.24, 2.45) is 11.8 Å². The van der Waals surface area contributed by atoms with Crippen molar-refractivity contribution in [2.45, 2.75) is 27.7 Å². The standard InChI is InChI=1S/C16H23Cl2N/c1-11(2)9-19-10-14(12(3)4)8-13-6-5-7-15(17)16(13)18/h5-8,11-12,19H,9-10H2,1-4H3. The van der Waals surface area contributed by atoms with E-state index in [1.807, 2.05) is 18.2 Å². The lowest BCUT2D eigenvalue weighted by molar-refractivity contribution is 0.558. The van der Waals surface area contributed by atoms with Gasteiger partial charge in [-0.2, -0.15) is 0 Å². The highest BCUT2D eigenvalue weighted by Crippen LogP contribution is 2.28. The normalized spacial score (nSPS) is 12.5. The van der Waals surface area contributed by atoms with E-state index in [0.717, 1.165) is 18.7 Å². The van der Waals surface area contributed by atoms with Crippen molar-refractivity contribution < 1.29 is 0 Å². The van der Waals surface area contributed by atoms with Crippen LogP contribution < -0.4 is 5.32 Å². The van der Waals surface area contributed by atoms with Crippen LogP contribution in [-0.4, -0.2) is 13.1 Å². The molecule has 1 rings (SSSR count). The summed E-state index contributed by atoms with van der Waals surface area (Å²) in [6.07, 6.45) is 2.15. The molecule has 1 aromatic carbocycles. The maximum absolute atomic E-state index is 6.23. The van der Waals surface area contributed by atoms with E-state index in [1.165, 1.54) is 5.57 Å². The van der Waals surface area contributed by atoms with Crippen LogP contribution in [-0.2, 0) is 0 Å². The molecule has 106 valence electrons. The summed E-state index contributed by atoms with van der Waals surface area (Å²) >= 11 is 12.3. The van der Waals surface area contributed by atoms with Crippen LogP contribution in [0.25, 0.3) is 6.08 Å². The Morgan fingerprint density at radius 2 is 1.89 bits per heavy atom. The molecule has 0 heterocycles. The molecule has 0 atom stereocenters. The molecule has 0 unspecified atom stereocenters. The first-order valence-corrected chi connectivity index (χ1v) is 7.52. The maximum atomic E-state index is 6.23. The van der Waals surface area contributed by atoms with Crippen molar-refractivity contribution in [3.8, 4) is 0 Å². The third-order valence-electron chi connectivity index (χ3n) is 2.95. The fourth-order valence-electron chi connectivity index (χ4n) is 1.76.